The number of pyridine rings is 1. The van der Waals surface area contributed by atoms with Gasteiger partial charge in [-0.1, -0.05) is 71.0 Å². The maximum atomic E-state index is 6.17. The van der Waals surface area contributed by atoms with Crippen molar-refractivity contribution in [3.63, 3.8) is 0 Å². The summed E-state index contributed by atoms with van der Waals surface area (Å²) in [5.74, 6) is 1.69. The number of oxime groups is 1. The molecule has 31 heavy (non-hydrogen) atoms. The molecule has 0 amide bonds. The van der Waals surface area contributed by atoms with Crippen LogP contribution in [0.15, 0.2) is 23.5 Å². The van der Waals surface area contributed by atoms with E-state index in [-0.39, 0.29) is 11.5 Å². The van der Waals surface area contributed by atoms with Crippen molar-refractivity contribution in [2.75, 3.05) is 19.7 Å². The molecule has 5 nitrogen and oxygen atoms in total. The Kier molecular flexibility index (Phi) is 11.3. The van der Waals surface area contributed by atoms with Gasteiger partial charge in [0.2, 0.25) is 5.90 Å². The van der Waals surface area contributed by atoms with Crippen LogP contribution in [-0.4, -0.2) is 36.7 Å². The molecule has 5 heteroatoms. The van der Waals surface area contributed by atoms with E-state index in [4.69, 9.17) is 9.57 Å². The van der Waals surface area contributed by atoms with Crippen molar-refractivity contribution in [2.24, 2.45) is 16.5 Å². The second-order valence-electron chi connectivity index (χ2n) is 9.54. The molecule has 3 heterocycles. The lowest BCUT2D eigenvalue weighted by Gasteiger charge is -2.40. The second kappa shape index (κ2) is 13.7. The van der Waals surface area contributed by atoms with Crippen LogP contribution in [0.4, 0.5) is 0 Å². The van der Waals surface area contributed by atoms with Crippen LogP contribution in [0.25, 0.3) is 0 Å². The van der Waals surface area contributed by atoms with Gasteiger partial charge in [-0.15, -0.1) is 0 Å². The van der Waals surface area contributed by atoms with Crippen LogP contribution < -0.4 is 5.32 Å². The number of hydrogen-bond acceptors (Lipinski definition) is 5. The average molecular weight is 432 g/mol. The van der Waals surface area contributed by atoms with Gasteiger partial charge in [0.15, 0.2) is 6.61 Å². The van der Waals surface area contributed by atoms with Gasteiger partial charge in [-0.2, -0.15) is 0 Å². The maximum absolute atomic E-state index is 6.17. The van der Waals surface area contributed by atoms with Gasteiger partial charge in [-0.05, 0) is 63.2 Å². The first-order valence-electron chi connectivity index (χ1n) is 12.5. The van der Waals surface area contributed by atoms with Crippen LogP contribution in [0.1, 0.15) is 90.3 Å². The Hall–Kier alpha value is -1.62. The van der Waals surface area contributed by atoms with Crippen LogP contribution in [0, 0.1) is 18.3 Å². The molecule has 176 valence electrons. The molecule has 1 aromatic rings. The number of aromatic nitrogens is 1. The summed E-state index contributed by atoms with van der Waals surface area (Å²) in [7, 11) is 0. The first kappa shape index (κ1) is 25.6. The van der Waals surface area contributed by atoms with E-state index in [1.165, 1.54) is 37.7 Å². The van der Waals surface area contributed by atoms with E-state index in [9.17, 15) is 0 Å². The molecule has 0 spiro atoms. The standard InChI is InChI=1S/C17H25N3O2.C9H20/c1-3-15-12-21-20-16(22-15)17(6-9-18-10-7-17)11-14-5-4-8-19-13(14)2;1-4-5-6-7-8-9(2)3/h4-5,8,15,18H,3,6-7,9-12H2,1-2H3;9H,4-8H2,1-3H3. The number of aryl methyl sites for hydroxylation is 1. The molecule has 2 aliphatic rings. The van der Waals surface area contributed by atoms with E-state index < -0.39 is 0 Å². The number of nitrogens with zero attached hydrogens (tertiary/aromatic N) is 2. The third-order valence-corrected chi connectivity index (χ3v) is 6.44. The van der Waals surface area contributed by atoms with Gasteiger partial charge in [0.05, 0.1) is 5.41 Å². The first-order valence-corrected chi connectivity index (χ1v) is 12.5. The summed E-state index contributed by atoms with van der Waals surface area (Å²) in [6.45, 7) is 13.6. The smallest absolute Gasteiger partial charge is 0.232 e. The number of rotatable bonds is 9. The Balaban J connectivity index is 0.000000323. The predicted molar refractivity (Wildman–Crippen MR) is 129 cm³/mol. The normalized spacial score (nSPS) is 20.2. The number of piperidine rings is 1. The summed E-state index contributed by atoms with van der Waals surface area (Å²) in [6.07, 6.45) is 12.9. The molecule has 1 N–H and O–H groups in total. The van der Waals surface area contributed by atoms with Crippen molar-refractivity contribution in [2.45, 2.75) is 98.5 Å². The molecule has 1 fully saturated rings. The van der Waals surface area contributed by atoms with Crippen LogP contribution in [0.2, 0.25) is 0 Å². The highest BCUT2D eigenvalue weighted by atomic mass is 16.7. The van der Waals surface area contributed by atoms with E-state index >= 15 is 0 Å². The number of ether oxygens (including phenoxy) is 1. The Bertz CT molecular complexity index is 654. The summed E-state index contributed by atoms with van der Waals surface area (Å²) in [6, 6.07) is 4.17. The Morgan fingerprint density at radius 2 is 1.94 bits per heavy atom. The van der Waals surface area contributed by atoms with E-state index in [1.54, 1.807) is 0 Å². The van der Waals surface area contributed by atoms with Gasteiger partial charge in [0.25, 0.3) is 0 Å². The number of nitrogens with one attached hydrogen (secondary N) is 1. The van der Waals surface area contributed by atoms with Gasteiger partial charge in [0.1, 0.15) is 6.10 Å². The SMILES string of the molecule is CCC1CON=C(C2(Cc3cccnc3C)CCNCC2)O1.CCCCCCC(C)C. The average Bonchev–Trinajstić information content (AvgIpc) is 2.79. The molecule has 1 atom stereocenters. The number of hydrogen-bond donors (Lipinski definition) is 1. The van der Waals surface area contributed by atoms with E-state index in [0.717, 1.165) is 56.3 Å². The Morgan fingerprint density at radius 1 is 1.16 bits per heavy atom. The molecule has 0 aliphatic carbocycles. The minimum atomic E-state index is -0.0765. The fourth-order valence-corrected chi connectivity index (χ4v) is 4.24. The van der Waals surface area contributed by atoms with Gasteiger partial charge < -0.3 is 14.9 Å². The van der Waals surface area contributed by atoms with Crippen LogP contribution in [-0.2, 0) is 16.0 Å². The molecular formula is C26H45N3O2. The molecule has 1 saturated heterocycles. The largest absolute Gasteiger partial charge is 0.471 e. The minimum absolute atomic E-state index is 0.0765. The minimum Gasteiger partial charge on any atom is -0.471 e. The van der Waals surface area contributed by atoms with Crippen molar-refractivity contribution in [1.82, 2.24) is 10.3 Å². The summed E-state index contributed by atoms with van der Waals surface area (Å²) in [5, 5.41) is 7.73. The van der Waals surface area contributed by atoms with Crippen LogP contribution in [0.3, 0.4) is 0 Å². The summed E-state index contributed by atoms with van der Waals surface area (Å²) < 4.78 is 6.17. The van der Waals surface area contributed by atoms with Gasteiger partial charge in [0, 0.05) is 11.9 Å². The highest BCUT2D eigenvalue weighted by Crippen LogP contribution is 2.37. The number of unbranched alkanes of at least 4 members (excludes halogenated alkanes) is 3. The van der Waals surface area contributed by atoms with Gasteiger partial charge in [-0.25, -0.2) is 0 Å². The topological polar surface area (TPSA) is 55.7 Å². The third kappa shape index (κ3) is 8.44. The fraction of sp³-hybridized carbons (Fsp3) is 0.769. The molecule has 0 saturated carbocycles. The van der Waals surface area contributed by atoms with E-state index in [0.29, 0.717) is 6.61 Å². The highest BCUT2D eigenvalue weighted by molar-refractivity contribution is 5.83. The molecule has 0 radical (unpaired) electrons. The van der Waals surface area contributed by atoms with Crippen molar-refractivity contribution in [1.29, 1.82) is 0 Å². The lowest BCUT2D eigenvalue weighted by Crippen LogP contribution is -2.47. The lowest BCUT2D eigenvalue weighted by molar-refractivity contribution is -0.00927. The predicted octanol–water partition coefficient (Wildman–Crippen LogP) is 6.05. The Labute approximate surface area is 190 Å². The van der Waals surface area contributed by atoms with Crippen molar-refractivity contribution >= 4 is 5.90 Å². The van der Waals surface area contributed by atoms with Crippen molar-refractivity contribution in [3.05, 3.63) is 29.6 Å². The van der Waals surface area contributed by atoms with Crippen LogP contribution >= 0.6 is 0 Å². The zero-order chi connectivity index (χ0) is 22.5. The molecule has 0 bridgehead atoms. The molecule has 1 aromatic heterocycles. The van der Waals surface area contributed by atoms with Crippen LogP contribution in [0.5, 0.6) is 0 Å². The summed E-state index contributed by atoms with van der Waals surface area (Å²) >= 11 is 0. The van der Waals surface area contributed by atoms with E-state index in [2.05, 4.69) is 56.1 Å². The monoisotopic (exact) mass is 431 g/mol. The molecular weight excluding hydrogens is 386 g/mol. The first-order chi connectivity index (χ1) is 15.0. The van der Waals surface area contributed by atoms with E-state index in [1.807, 2.05) is 12.3 Å². The summed E-state index contributed by atoms with van der Waals surface area (Å²) in [5.41, 5.74) is 2.28. The molecule has 1 unspecified atom stereocenters. The zero-order valence-electron chi connectivity index (χ0n) is 20.6. The molecule has 2 aliphatic heterocycles. The molecule has 0 aromatic carbocycles. The van der Waals surface area contributed by atoms with Crippen molar-refractivity contribution < 1.29 is 9.57 Å². The summed E-state index contributed by atoms with van der Waals surface area (Å²) in [4.78, 5) is 9.88. The third-order valence-electron chi connectivity index (χ3n) is 6.44. The molecule has 3 rings (SSSR count). The van der Waals surface area contributed by atoms with Gasteiger partial charge >= 0.3 is 0 Å². The second-order valence-corrected chi connectivity index (χ2v) is 9.54. The maximum Gasteiger partial charge on any atom is 0.232 e. The quantitative estimate of drug-likeness (QED) is 0.483. The van der Waals surface area contributed by atoms with Gasteiger partial charge in [-0.3, -0.25) is 4.98 Å². The zero-order valence-corrected chi connectivity index (χ0v) is 20.6. The van der Waals surface area contributed by atoms with Crippen molar-refractivity contribution in [3.8, 4) is 0 Å². The fourth-order valence-electron chi connectivity index (χ4n) is 4.24. The Morgan fingerprint density at radius 3 is 2.58 bits per heavy atom. The highest BCUT2D eigenvalue weighted by Gasteiger charge is 2.42. The lowest BCUT2D eigenvalue weighted by atomic mass is 9.73.